The number of nitrogen functional groups attached to an aromatic ring is 1. The third-order valence-corrected chi connectivity index (χ3v) is 2.95. The van der Waals surface area contributed by atoms with E-state index in [2.05, 4.69) is 32.7 Å². The molecule has 0 aliphatic heterocycles. The van der Waals surface area contributed by atoms with E-state index in [1.54, 1.807) is 12.4 Å². The molecule has 16 heavy (non-hydrogen) atoms. The van der Waals surface area contributed by atoms with Crippen LogP contribution in [-0.2, 0) is 0 Å². The van der Waals surface area contributed by atoms with Crippen LogP contribution in [0.2, 0.25) is 0 Å². The van der Waals surface area contributed by atoms with Gasteiger partial charge in [-0.2, -0.15) is 0 Å². The summed E-state index contributed by atoms with van der Waals surface area (Å²) in [7, 11) is 0. The van der Waals surface area contributed by atoms with Gasteiger partial charge in [-0.1, -0.05) is 13.3 Å². The van der Waals surface area contributed by atoms with Crippen molar-refractivity contribution in [1.29, 1.82) is 0 Å². The summed E-state index contributed by atoms with van der Waals surface area (Å²) in [6.07, 6.45) is 5.55. The first-order valence-corrected chi connectivity index (χ1v) is 6.24. The first-order valence-electron chi connectivity index (χ1n) is 5.45. The lowest BCUT2D eigenvalue weighted by Gasteiger charge is -2.26. The van der Waals surface area contributed by atoms with Crippen molar-refractivity contribution < 1.29 is 5.11 Å². The minimum Gasteiger partial charge on any atom is -0.396 e. The van der Waals surface area contributed by atoms with Crippen LogP contribution in [0.1, 0.15) is 19.8 Å². The van der Waals surface area contributed by atoms with Gasteiger partial charge in [0.15, 0.2) is 0 Å². The second-order valence-electron chi connectivity index (χ2n) is 3.62. The molecule has 0 saturated heterocycles. The van der Waals surface area contributed by atoms with Gasteiger partial charge in [0, 0.05) is 19.3 Å². The molecule has 0 bridgehead atoms. The summed E-state index contributed by atoms with van der Waals surface area (Å²) in [5.41, 5.74) is 7.47. The summed E-state index contributed by atoms with van der Waals surface area (Å²) in [5.74, 6) is 0. The summed E-state index contributed by atoms with van der Waals surface area (Å²) in [5, 5.41) is 9.07. The topological polar surface area (TPSA) is 62.4 Å². The number of halogens is 1. The van der Waals surface area contributed by atoms with E-state index in [0.717, 1.165) is 29.5 Å². The molecule has 1 heterocycles. The van der Waals surface area contributed by atoms with Crippen LogP contribution in [0.15, 0.2) is 16.9 Å². The normalized spacial score (nSPS) is 10.4. The van der Waals surface area contributed by atoms with E-state index < -0.39 is 0 Å². The molecule has 5 heteroatoms. The standard InChI is InChI=1S/C11H18BrN3O/c1-2-3-4-15(5-6-16)11-9(12)7-14-8-10(11)13/h7-8,16H,2-6,13H2,1H3. The van der Waals surface area contributed by atoms with E-state index >= 15 is 0 Å². The number of nitrogens with zero attached hydrogens (tertiary/aromatic N) is 2. The summed E-state index contributed by atoms with van der Waals surface area (Å²) in [4.78, 5) is 6.09. The second kappa shape index (κ2) is 6.70. The molecule has 1 aromatic heterocycles. The lowest BCUT2D eigenvalue weighted by atomic mass is 10.2. The largest absolute Gasteiger partial charge is 0.396 e. The Morgan fingerprint density at radius 1 is 1.44 bits per heavy atom. The number of aliphatic hydroxyl groups is 1. The Kier molecular flexibility index (Phi) is 5.55. The zero-order valence-corrected chi connectivity index (χ0v) is 11.1. The molecular weight excluding hydrogens is 270 g/mol. The fraction of sp³-hybridized carbons (Fsp3) is 0.545. The van der Waals surface area contributed by atoms with E-state index in [1.807, 2.05) is 0 Å². The Morgan fingerprint density at radius 2 is 2.19 bits per heavy atom. The SMILES string of the molecule is CCCCN(CCO)c1c(N)cncc1Br. The van der Waals surface area contributed by atoms with E-state index in [4.69, 9.17) is 10.8 Å². The third-order valence-electron chi connectivity index (χ3n) is 2.37. The molecule has 0 radical (unpaired) electrons. The van der Waals surface area contributed by atoms with Crippen molar-refractivity contribution >= 4 is 27.3 Å². The van der Waals surface area contributed by atoms with Crippen LogP contribution < -0.4 is 10.6 Å². The number of hydrogen-bond donors (Lipinski definition) is 2. The summed E-state index contributed by atoms with van der Waals surface area (Å²) < 4.78 is 0.872. The van der Waals surface area contributed by atoms with Gasteiger partial charge in [0.2, 0.25) is 0 Å². The van der Waals surface area contributed by atoms with E-state index in [9.17, 15) is 0 Å². The molecule has 0 aliphatic carbocycles. The Labute approximate surface area is 105 Å². The predicted molar refractivity (Wildman–Crippen MR) is 70.6 cm³/mol. The highest BCUT2D eigenvalue weighted by Crippen LogP contribution is 2.31. The van der Waals surface area contributed by atoms with Crippen LogP contribution in [0.25, 0.3) is 0 Å². The first-order chi connectivity index (χ1) is 7.70. The maximum absolute atomic E-state index is 9.07. The van der Waals surface area contributed by atoms with Crippen molar-refractivity contribution in [3.05, 3.63) is 16.9 Å². The number of hydrogen-bond acceptors (Lipinski definition) is 4. The Balaban J connectivity index is 2.90. The van der Waals surface area contributed by atoms with Crippen LogP contribution in [0.3, 0.4) is 0 Å². The number of nitrogens with two attached hydrogens (primary N) is 1. The number of unbranched alkanes of at least 4 members (excludes halogenated alkanes) is 1. The third kappa shape index (κ3) is 3.35. The average Bonchev–Trinajstić information content (AvgIpc) is 2.25. The molecule has 0 amide bonds. The Hall–Kier alpha value is -0.810. The van der Waals surface area contributed by atoms with E-state index in [0.29, 0.717) is 12.2 Å². The summed E-state index contributed by atoms with van der Waals surface area (Å²) >= 11 is 3.44. The first kappa shape index (κ1) is 13.3. The monoisotopic (exact) mass is 287 g/mol. The molecule has 0 fully saturated rings. The molecule has 0 aliphatic rings. The molecule has 0 atom stereocenters. The maximum Gasteiger partial charge on any atom is 0.0776 e. The van der Waals surface area contributed by atoms with Crippen LogP contribution in [-0.4, -0.2) is 29.8 Å². The number of rotatable bonds is 6. The minimum absolute atomic E-state index is 0.123. The van der Waals surface area contributed by atoms with Crippen LogP contribution in [0.5, 0.6) is 0 Å². The summed E-state index contributed by atoms with van der Waals surface area (Å²) in [6, 6.07) is 0. The molecule has 1 aromatic rings. The molecular formula is C11H18BrN3O. The van der Waals surface area contributed by atoms with Crippen molar-refractivity contribution in [2.75, 3.05) is 30.3 Å². The number of anilines is 2. The fourth-order valence-electron chi connectivity index (χ4n) is 1.58. The van der Waals surface area contributed by atoms with Gasteiger partial charge in [0.25, 0.3) is 0 Å². The van der Waals surface area contributed by atoms with Gasteiger partial charge in [0.05, 0.1) is 28.7 Å². The van der Waals surface area contributed by atoms with E-state index in [-0.39, 0.29) is 6.61 Å². The predicted octanol–water partition coefficient (Wildman–Crippen LogP) is 2.03. The highest BCUT2D eigenvalue weighted by molar-refractivity contribution is 9.10. The molecule has 0 unspecified atom stereocenters. The van der Waals surface area contributed by atoms with Crippen molar-refractivity contribution in [2.45, 2.75) is 19.8 Å². The van der Waals surface area contributed by atoms with Gasteiger partial charge in [-0.3, -0.25) is 4.98 Å². The fourth-order valence-corrected chi connectivity index (χ4v) is 2.18. The van der Waals surface area contributed by atoms with Crippen LogP contribution in [0.4, 0.5) is 11.4 Å². The van der Waals surface area contributed by atoms with Gasteiger partial charge in [-0.05, 0) is 22.4 Å². The van der Waals surface area contributed by atoms with Gasteiger partial charge < -0.3 is 15.7 Å². The van der Waals surface area contributed by atoms with Gasteiger partial charge >= 0.3 is 0 Å². The zero-order chi connectivity index (χ0) is 12.0. The van der Waals surface area contributed by atoms with Gasteiger partial charge in [-0.25, -0.2) is 0 Å². The minimum atomic E-state index is 0.123. The lowest BCUT2D eigenvalue weighted by molar-refractivity contribution is 0.301. The number of pyridine rings is 1. The van der Waals surface area contributed by atoms with Crippen LogP contribution >= 0.6 is 15.9 Å². The number of aliphatic hydroxyl groups excluding tert-OH is 1. The van der Waals surface area contributed by atoms with Crippen molar-refractivity contribution in [3.63, 3.8) is 0 Å². The molecule has 0 aromatic carbocycles. The smallest absolute Gasteiger partial charge is 0.0776 e. The molecule has 4 nitrogen and oxygen atoms in total. The van der Waals surface area contributed by atoms with E-state index in [1.165, 1.54) is 0 Å². The maximum atomic E-state index is 9.07. The molecule has 90 valence electrons. The van der Waals surface area contributed by atoms with Gasteiger partial charge in [0.1, 0.15) is 0 Å². The van der Waals surface area contributed by atoms with Crippen LogP contribution in [0, 0.1) is 0 Å². The Morgan fingerprint density at radius 3 is 2.75 bits per heavy atom. The molecule has 1 rings (SSSR count). The molecule has 0 spiro atoms. The average molecular weight is 288 g/mol. The number of aromatic nitrogens is 1. The van der Waals surface area contributed by atoms with Crippen molar-refractivity contribution in [2.24, 2.45) is 0 Å². The molecule has 0 saturated carbocycles. The second-order valence-corrected chi connectivity index (χ2v) is 4.48. The summed E-state index contributed by atoms with van der Waals surface area (Å²) in [6.45, 7) is 3.75. The van der Waals surface area contributed by atoms with Gasteiger partial charge in [-0.15, -0.1) is 0 Å². The quantitative estimate of drug-likeness (QED) is 0.840. The zero-order valence-electron chi connectivity index (χ0n) is 9.49. The molecule has 3 N–H and O–H groups in total. The lowest BCUT2D eigenvalue weighted by Crippen LogP contribution is -2.28. The Bertz CT molecular complexity index is 313. The highest BCUT2D eigenvalue weighted by atomic mass is 79.9. The van der Waals surface area contributed by atoms with Crippen molar-refractivity contribution in [3.8, 4) is 0 Å². The van der Waals surface area contributed by atoms with Crippen molar-refractivity contribution in [1.82, 2.24) is 4.98 Å². The highest BCUT2D eigenvalue weighted by Gasteiger charge is 2.12.